The standard InChI is InChI=1S/C14H14ClN5OS/c1-6-13(17)8-3-9(18-5-10(8)21-6)7(2)22-14-19-11(15)4-12(16)20-14/h3-5,7H,17H2,1-2H3,(H2,16,19,20). The van der Waals surface area contributed by atoms with E-state index in [-0.39, 0.29) is 5.25 Å². The Morgan fingerprint density at radius 1 is 1.27 bits per heavy atom. The van der Waals surface area contributed by atoms with E-state index >= 15 is 0 Å². The lowest BCUT2D eigenvalue weighted by atomic mass is 10.2. The van der Waals surface area contributed by atoms with Crippen LogP contribution < -0.4 is 11.5 Å². The first-order valence-corrected chi connectivity index (χ1v) is 7.81. The summed E-state index contributed by atoms with van der Waals surface area (Å²) in [6.07, 6.45) is 1.68. The van der Waals surface area contributed by atoms with Crippen molar-refractivity contribution in [1.29, 1.82) is 0 Å². The van der Waals surface area contributed by atoms with Crippen LogP contribution in [0.1, 0.15) is 23.6 Å². The van der Waals surface area contributed by atoms with Crippen LogP contribution in [0, 0.1) is 6.92 Å². The second kappa shape index (κ2) is 5.66. The number of nitrogen functional groups attached to an aromatic ring is 2. The van der Waals surface area contributed by atoms with Gasteiger partial charge in [-0.15, -0.1) is 0 Å². The first-order valence-electron chi connectivity index (χ1n) is 6.55. The molecule has 3 aromatic heterocycles. The van der Waals surface area contributed by atoms with Gasteiger partial charge in [0.05, 0.1) is 22.8 Å². The Morgan fingerprint density at radius 3 is 2.77 bits per heavy atom. The number of nitrogens with two attached hydrogens (primary N) is 2. The SMILES string of the molecule is Cc1oc2cnc(C(C)Sc3nc(N)cc(Cl)n3)cc2c1N. The van der Waals surface area contributed by atoms with Crippen LogP contribution in [-0.4, -0.2) is 15.0 Å². The van der Waals surface area contributed by atoms with E-state index in [0.29, 0.717) is 33.2 Å². The van der Waals surface area contributed by atoms with Crippen molar-refractivity contribution in [2.75, 3.05) is 11.5 Å². The van der Waals surface area contributed by atoms with Crippen molar-refractivity contribution in [2.45, 2.75) is 24.3 Å². The highest BCUT2D eigenvalue weighted by molar-refractivity contribution is 7.99. The van der Waals surface area contributed by atoms with E-state index in [9.17, 15) is 0 Å². The van der Waals surface area contributed by atoms with Crippen LogP contribution in [0.25, 0.3) is 11.0 Å². The highest BCUT2D eigenvalue weighted by atomic mass is 35.5. The molecule has 114 valence electrons. The number of halogens is 1. The first-order chi connectivity index (χ1) is 10.4. The molecule has 8 heteroatoms. The molecular formula is C14H14ClN5OS. The Morgan fingerprint density at radius 2 is 2.05 bits per heavy atom. The molecule has 0 aromatic carbocycles. The summed E-state index contributed by atoms with van der Waals surface area (Å²) in [5, 5.41) is 1.70. The molecule has 0 saturated carbocycles. The van der Waals surface area contributed by atoms with E-state index in [1.807, 2.05) is 19.9 Å². The lowest BCUT2D eigenvalue weighted by molar-refractivity contribution is 0.579. The molecule has 22 heavy (non-hydrogen) atoms. The van der Waals surface area contributed by atoms with Crippen molar-refractivity contribution in [3.63, 3.8) is 0 Å². The zero-order valence-electron chi connectivity index (χ0n) is 12.0. The van der Waals surface area contributed by atoms with Gasteiger partial charge < -0.3 is 15.9 Å². The lowest BCUT2D eigenvalue weighted by Gasteiger charge is -2.10. The monoisotopic (exact) mass is 335 g/mol. The van der Waals surface area contributed by atoms with E-state index in [4.69, 9.17) is 27.5 Å². The molecule has 4 N–H and O–H groups in total. The lowest BCUT2D eigenvalue weighted by Crippen LogP contribution is -1.98. The molecule has 0 radical (unpaired) electrons. The second-order valence-corrected chi connectivity index (χ2v) is 6.53. The van der Waals surface area contributed by atoms with Crippen LogP contribution in [0.3, 0.4) is 0 Å². The summed E-state index contributed by atoms with van der Waals surface area (Å²) in [7, 11) is 0. The Hall–Kier alpha value is -1.99. The molecule has 3 rings (SSSR count). The van der Waals surface area contributed by atoms with Crippen molar-refractivity contribution in [3.8, 4) is 0 Å². The number of thioether (sulfide) groups is 1. The van der Waals surface area contributed by atoms with Crippen LogP contribution in [-0.2, 0) is 0 Å². The van der Waals surface area contributed by atoms with Crippen LogP contribution in [0.15, 0.2) is 27.9 Å². The Labute approximate surface area is 136 Å². The summed E-state index contributed by atoms with van der Waals surface area (Å²) in [6.45, 7) is 3.83. The summed E-state index contributed by atoms with van der Waals surface area (Å²) in [5.74, 6) is 1.04. The molecule has 0 bridgehead atoms. The van der Waals surface area contributed by atoms with Gasteiger partial charge in [0.1, 0.15) is 16.7 Å². The predicted molar refractivity (Wildman–Crippen MR) is 88.9 cm³/mol. The highest BCUT2D eigenvalue weighted by Crippen LogP contribution is 2.35. The van der Waals surface area contributed by atoms with E-state index < -0.39 is 0 Å². The van der Waals surface area contributed by atoms with Gasteiger partial charge in [-0.1, -0.05) is 23.4 Å². The van der Waals surface area contributed by atoms with Crippen molar-refractivity contribution in [2.24, 2.45) is 0 Å². The van der Waals surface area contributed by atoms with E-state index in [1.54, 1.807) is 6.20 Å². The molecule has 0 aliphatic carbocycles. The van der Waals surface area contributed by atoms with E-state index in [0.717, 1.165) is 11.1 Å². The number of aryl methyl sites for hydroxylation is 1. The van der Waals surface area contributed by atoms with Crippen LogP contribution in [0.2, 0.25) is 5.15 Å². The zero-order chi connectivity index (χ0) is 15.9. The maximum absolute atomic E-state index is 6.01. The van der Waals surface area contributed by atoms with Gasteiger partial charge in [0.2, 0.25) is 0 Å². The largest absolute Gasteiger partial charge is 0.458 e. The normalized spacial score (nSPS) is 12.7. The van der Waals surface area contributed by atoms with Crippen LogP contribution in [0.4, 0.5) is 11.5 Å². The van der Waals surface area contributed by atoms with Gasteiger partial charge in [-0.05, 0) is 19.9 Å². The minimum absolute atomic E-state index is 0.0110. The third-order valence-corrected chi connectivity index (χ3v) is 4.40. The second-order valence-electron chi connectivity index (χ2n) is 4.84. The van der Waals surface area contributed by atoms with Crippen molar-refractivity contribution < 1.29 is 4.42 Å². The first kappa shape index (κ1) is 14.9. The molecule has 3 aromatic rings. The number of anilines is 2. The van der Waals surface area contributed by atoms with Crippen LogP contribution in [0.5, 0.6) is 0 Å². The minimum atomic E-state index is 0.0110. The smallest absolute Gasteiger partial charge is 0.191 e. The fourth-order valence-corrected chi connectivity index (χ4v) is 3.18. The maximum atomic E-state index is 6.01. The summed E-state index contributed by atoms with van der Waals surface area (Å²) >= 11 is 7.32. The molecule has 0 spiro atoms. The summed E-state index contributed by atoms with van der Waals surface area (Å²) in [5.41, 5.74) is 13.9. The fraction of sp³-hybridized carbons (Fsp3) is 0.214. The predicted octanol–water partition coefficient (Wildman–Crippen LogP) is 3.60. The molecule has 0 amide bonds. The Bertz CT molecular complexity index is 830. The number of furan rings is 1. The Kier molecular flexibility index (Phi) is 3.84. The van der Waals surface area contributed by atoms with Gasteiger partial charge in [-0.2, -0.15) is 0 Å². The van der Waals surface area contributed by atoms with Gasteiger partial charge in [-0.25, -0.2) is 9.97 Å². The number of rotatable bonds is 3. The van der Waals surface area contributed by atoms with Gasteiger partial charge in [0.25, 0.3) is 0 Å². The number of pyridine rings is 1. The molecule has 6 nitrogen and oxygen atoms in total. The number of aromatic nitrogens is 3. The van der Waals surface area contributed by atoms with Crippen molar-refractivity contribution >= 4 is 45.8 Å². The van der Waals surface area contributed by atoms with Gasteiger partial charge in [0.15, 0.2) is 10.7 Å². The van der Waals surface area contributed by atoms with Gasteiger partial charge in [0, 0.05) is 11.5 Å². The van der Waals surface area contributed by atoms with E-state index in [2.05, 4.69) is 15.0 Å². The van der Waals surface area contributed by atoms with Gasteiger partial charge in [-0.3, -0.25) is 4.98 Å². The molecule has 1 atom stereocenters. The molecule has 3 heterocycles. The molecule has 0 fully saturated rings. The molecule has 0 saturated heterocycles. The molecular weight excluding hydrogens is 322 g/mol. The van der Waals surface area contributed by atoms with Crippen LogP contribution >= 0.6 is 23.4 Å². The topological polar surface area (TPSA) is 104 Å². The molecule has 1 unspecified atom stereocenters. The Balaban J connectivity index is 1.91. The average molecular weight is 336 g/mol. The quantitative estimate of drug-likeness (QED) is 0.428. The van der Waals surface area contributed by atoms with Crippen molar-refractivity contribution in [1.82, 2.24) is 15.0 Å². The zero-order valence-corrected chi connectivity index (χ0v) is 13.6. The summed E-state index contributed by atoms with van der Waals surface area (Å²) < 4.78 is 5.53. The summed E-state index contributed by atoms with van der Waals surface area (Å²) in [4.78, 5) is 12.7. The number of hydrogen-bond donors (Lipinski definition) is 2. The fourth-order valence-electron chi connectivity index (χ4n) is 2.07. The third-order valence-electron chi connectivity index (χ3n) is 3.21. The van der Waals surface area contributed by atoms with Crippen molar-refractivity contribution in [3.05, 3.63) is 34.9 Å². The number of fused-ring (bicyclic) bond motifs is 1. The van der Waals surface area contributed by atoms with Gasteiger partial charge >= 0.3 is 0 Å². The number of nitrogens with zero attached hydrogens (tertiary/aromatic N) is 3. The maximum Gasteiger partial charge on any atom is 0.191 e. The highest BCUT2D eigenvalue weighted by Gasteiger charge is 2.15. The van der Waals surface area contributed by atoms with E-state index in [1.165, 1.54) is 17.8 Å². The minimum Gasteiger partial charge on any atom is -0.458 e. The third kappa shape index (κ3) is 2.82. The summed E-state index contributed by atoms with van der Waals surface area (Å²) in [6, 6.07) is 3.43. The number of hydrogen-bond acceptors (Lipinski definition) is 7. The molecule has 0 aliphatic rings. The molecule has 0 aliphatic heterocycles. The average Bonchev–Trinajstić information content (AvgIpc) is 2.72.